The minimum atomic E-state index is -0.232. The first-order chi connectivity index (χ1) is 13.4. The van der Waals surface area contributed by atoms with Crippen LogP contribution in [0, 0.1) is 0 Å². The Morgan fingerprint density at radius 2 is 1.68 bits per heavy atom. The first kappa shape index (κ1) is 21.2. The molecule has 0 saturated carbocycles. The lowest BCUT2D eigenvalue weighted by Crippen LogP contribution is -2.29. The van der Waals surface area contributed by atoms with Crippen molar-refractivity contribution in [3.8, 4) is 0 Å². The molecule has 0 heterocycles. The van der Waals surface area contributed by atoms with Crippen molar-refractivity contribution in [2.24, 2.45) is 5.16 Å². The van der Waals surface area contributed by atoms with Crippen LogP contribution in [0.15, 0.2) is 53.7 Å². The van der Waals surface area contributed by atoms with Gasteiger partial charge in [0.2, 0.25) is 5.91 Å². The van der Waals surface area contributed by atoms with Crippen molar-refractivity contribution in [1.82, 2.24) is 5.32 Å². The van der Waals surface area contributed by atoms with Crippen molar-refractivity contribution >= 4 is 23.2 Å². The first-order valence-corrected chi connectivity index (χ1v) is 9.31. The van der Waals surface area contributed by atoms with Crippen molar-refractivity contribution in [2.75, 3.05) is 11.9 Å². The van der Waals surface area contributed by atoms with Crippen molar-refractivity contribution < 1.29 is 14.4 Å². The number of carbonyl (C=O) groups excluding carboxylic acids is 2. The highest BCUT2D eigenvalue weighted by Gasteiger charge is 2.10. The molecule has 2 aromatic rings. The van der Waals surface area contributed by atoms with Gasteiger partial charge in [0.05, 0.1) is 11.8 Å². The van der Waals surface area contributed by atoms with E-state index >= 15 is 0 Å². The number of rotatable bonds is 8. The SMILES string of the molecule is CCc1ccc(C(C)NC(=O)CO/N=C(\C)c2ccc(NC(C)=O)cc2)cc1. The summed E-state index contributed by atoms with van der Waals surface area (Å²) in [6, 6.07) is 15.3. The van der Waals surface area contributed by atoms with E-state index in [1.807, 2.05) is 31.2 Å². The number of amides is 2. The molecule has 1 unspecified atom stereocenters. The maximum atomic E-state index is 12.1. The summed E-state index contributed by atoms with van der Waals surface area (Å²) in [5.41, 5.74) is 4.51. The van der Waals surface area contributed by atoms with E-state index in [0.717, 1.165) is 17.5 Å². The van der Waals surface area contributed by atoms with Crippen LogP contribution < -0.4 is 10.6 Å². The molecule has 2 aromatic carbocycles. The Kier molecular flexibility index (Phi) is 7.75. The maximum Gasteiger partial charge on any atom is 0.261 e. The summed E-state index contributed by atoms with van der Waals surface area (Å²) in [5.74, 6) is -0.354. The van der Waals surface area contributed by atoms with Gasteiger partial charge >= 0.3 is 0 Å². The molecule has 6 nitrogen and oxygen atoms in total. The van der Waals surface area contributed by atoms with Crippen LogP contribution >= 0.6 is 0 Å². The van der Waals surface area contributed by atoms with Crippen LogP contribution in [-0.2, 0) is 20.8 Å². The van der Waals surface area contributed by atoms with E-state index in [9.17, 15) is 9.59 Å². The average Bonchev–Trinajstić information content (AvgIpc) is 2.68. The third kappa shape index (κ3) is 6.54. The van der Waals surface area contributed by atoms with Crippen LogP contribution in [0.5, 0.6) is 0 Å². The molecular weight excluding hydrogens is 354 g/mol. The normalized spacial score (nSPS) is 12.2. The Morgan fingerprint density at radius 3 is 2.25 bits per heavy atom. The van der Waals surface area contributed by atoms with E-state index in [1.54, 1.807) is 19.1 Å². The number of carbonyl (C=O) groups is 2. The Morgan fingerprint density at radius 1 is 1.04 bits per heavy atom. The Labute approximate surface area is 166 Å². The average molecular weight is 381 g/mol. The molecule has 0 saturated heterocycles. The lowest BCUT2D eigenvalue weighted by molar-refractivity contribution is -0.126. The topological polar surface area (TPSA) is 79.8 Å². The van der Waals surface area contributed by atoms with Crippen LogP contribution in [0.25, 0.3) is 0 Å². The summed E-state index contributed by atoms with van der Waals surface area (Å²) < 4.78 is 0. The summed E-state index contributed by atoms with van der Waals surface area (Å²) in [6.45, 7) is 7.14. The van der Waals surface area contributed by atoms with Gasteiger partial charge in [-0.05, 0) is 49.1 Å². The van der Waals surface area contributed by atoms with Crippen LogP contribution in [0.1, 0.15) is 50.4 Å². The van der Waals surface area contributed by atoms with Gasteiger partial charge in [0.1, 0.15) is 0 Å². The summed E-state index contributed by atoms with van der Waals surface area (Å²) in [7, 11) is 0. The van der Waals surface area contributed by atoms with Crippen LogP contribution in [0.4, 0.5) is 5.69 Å². The molecule has 148 valence electrons. The quantitative estimate of drug-likeness (QED) is 0.539. The molecule has 0 fully saturated rings. The van der Waals surface area contributed by atoms with Crippen LogP contribution in [-0.4, -0.2) is 24.1 Å². The highest BCUT2D eigenvalue weighted by Crippen LogP contribution is 2.14. The second-order valence-corrected chi connectivity index (χ2v) is 6.59. The van der Waals surface area contributed by atoms with Crippen LogP contribution in [0.2, 0.25) is 0 Å². The Balaban J connectivity index is 1.83. The molecule has 0 aliphatic rings. The predicted octanol–water partition coefficient (Wildman–Crippen LogP) is 3.83. The first-order valence-electron chi connectivity index (χ1n) is 9.31. The zero-order valence-electron chi connectivity index (χ0n) is 16.8. The van der Waals surface area contributed by atoms with Crippen molar-refractivity contribution in [3.05, 3.63) is 65.2 Å². The molecule has 0 radical (unpaired) electrons. The minimum Gasteiger partial charge on any atom is -0.385 e. The van der Waals surface area contributed by atoms with Gasteiger partial charge in [0, 0.05) is 12.6 Å². The van der Waals surface area contributed by atoms with E-state index in [4.69, 9.17) is 4.84 Å². The number of hydrogen-bond acceptors (Lipinski definition) is 4. The van der Waals surface area contributed by atoms with Gasteiger partial charge in [-0.25, -0.2) is 0 Å². The van der Waals surface area contributed by atoms with Crippen molar-refractivity contribution in [2.45, 2.75) is 40.2 Å². The number of benzene rings is 2. The van der Waals surface area contributed by atoms with Gasteiger partial charge in [-0.3, -0.25) is 9.59 Å². The zero-order chi connectivity index (χ0) is 20.5. The standard InChI is InChI=1S/C22H27N3O3/c1-5-18-6-8-19(9-7-18)15(2)23-22(27)14-28-25-16(3)20-10-12-21(13-11-20)24-17(4)26/h6-13,15H,5,14H2,1-4H3,(H,23,27)(H,24,26)/b25-16+. The van der Waals surface area contributed by atoms with E-state index in [-0.39, 0.29) is 24.5 Å². The number of nitrogens with zero attached hydrogens (tertiary/aromatic N) is 1. The highest BCUT2D eigenvalue weighted by atomic mass is 16.6. The second kappa shape index (κ2) is 10.3. The van der Waals surface area contributed by atoms with E-state index in [1.165, 1.54) is 12.5 Å². The fourth-order valence-electron chi connectivity index (χ4n) is 2.65. The van der Waals surface area contributed by atoms with Crippen molar-refractivity contribution in [3.63, 3.8) is 0 Å². The van der Waals surface area contributed by atoms with Gasteiger partial charge < -0.3 is 15.5 Å². The molecule has 1 atom stereocenters. The van der Waals surface area contributed by atoms with E-state index in [2.05, 4.69) is 34.8 Å². The molecular formula is C22H27N3O3. The van der Waals surface area contributed by atoms with Gasteiger partial charge in [0.25, 0.3) is 5.91 Å². The summed E-state index contributed by atoms with van der Waals surface area (Å²) >= 11 is 0. The van der Waals surface area contributed by atoms with Gasteiger partial charge in [-0.2, -0.15) is 0 Å². The monoisotopic (exact) mass is 381 g/mol. The zero-order valence-corrected chi connectivity index (χ0v) is 16.8. The largest absolute Gasteiger partial charge is 0.385 e. The maximum absolute atomic E-state index is 12.1. The van der Waals surface area contributed by atoms with Crippen molar-refractivity contribution in [1.29, 1.82) is 0 Å². The van der Waals surface area contributed by atoms with Gasteiger partial charge in [-0.15, -0.1) is 0 Å². The molecule has 2 rings (SSSR count). The van der Waals surface area contributed by atoms with Gasteiger partial charge in [0.15, 0.2) is 6.61 Å². The number of aryl methyl sites for hydroxylation is 1. The van der Waals surface area contributed by atoms with E-state index < -0.39 is 0 Å². The third-order valence-electron chi connectivity index (χ3n) is 4.29. The second-order valence-electron chi connectivity index (χ2n) is 6.59. The summed E-state index contributed by atoms with van der Waals surface area (Å²) in [4.78, 5) is 28.3. The summed E-state index contributed by atoms with van der Waals surface area (Å²) in [6.07, 6.45) is 0.988. The predicted molar refractivity (Wildman–Crippen MR) is 111 cm³/mol. The molecule has 2 N–H and O–H groups in total. The molecule has 28 heavy (non-hydrogen) atoms. The lowest BCUT2D eigenvalue weighted by Gasteiger charge is -2.14. The van der Waals surface area contributed by atoms with Crippen LogP contribution in [0.3, 0.4) is 0 Å². The highest BCUT2D eigenvalue weighted by molar-refractivity contribution is 5.99. The Bertz CT molecular complexity index is 827. The molecule has 0 aliphatic heterocycles. The molecule has 0 aliphatic carbocycles. The number of anilines is 1. The molecule has 2 amide bonds. The van der Waals surface area contributed by atoms with E-state index in [0.29, 0.717) is 11.4 Å². The lowest BCUT2D eigenvalue weighted by atomic mass is 10.1. The minimum absolute atomic E-state index is 0.103. The Hall–Kier alpha value is -3.15. The molecule has 0 aromatic heterocycles. The smallest absolute Gasteiger partial charge is 0.261 e. The molecule has 0 bridgehead atoms. The fraction of sp³-hybridized carbons (Fsp3) is 0.318. The number of oxime groups is 1. The van der Waals surface area contributed by atoms with Gasteiger partial charge in [-0.1, -0.05) is 48.5 Å². The molecule has 0 spiro atoms. The number of nitrogens with one attached hydrogen (secondary N) is 2. The molecule has 6 heteroatoms. The summed E-state index contributed by atoms with van der Waals surface area (Å²) in [5, 5.41) is 9.60. The number of hydrogen-bond donors (Lipinski definition) is 2. The fourth-order valence-corrected chi connectivity index (χ4v) is 2.65. The third-order valence-corrected chi connectivity index (χ3v) is 4.29.